The average molecular weight is 480 g/mol. The number of hydrogen-bond donors (Lipinski definition) is 2. The first-order valence-corrected chi connectivity index (χ1v) is 8.91. The van der Waals surface area contributed by atoms with E-state index >= 15 is 0 Å². The minimum Gasteiger partial charge on any atom is -0.357 e. The lowest BCUT2D eigenvalue weighted by Gasteiger charge is -2.10. The van der Waals surface area contributed by atoms with Crippen LogP contribution in [0.25, 0.3) is 0 Å². The Morgan fingerprint density at radius 2 is 2.12 bits per heavy atom. The fourth-order valence-electron chi connectivity index (χ4n) is 1.84. The van der Waals surface area contributed by atoms with Crippen LogP contribution in [0.4, 0.5) is 0 Å². The quantitative estimate of drug-likeness (QED) is 0.282. The molecule has 0 saturated heterocycles. The van der Waals surface area contributed by atoms with Crippen molar-refractivity contribution in [3.63, 3.8) is 0 Å². The summed E-state index contributed by atoms with van der Waals surface area (Å²) in [7, 11) is 0. The van der Waals surface area contributed by atoms with Crippen molar-refractivity contribution in [1.82, 2.24) is 20.6 Å². The number of pyridine rings is 1. The van der Waals surface area contributed by atoms with E-state index in [1.165, 1.54) is 0 Å². The van der Waals surface area contributed by atoms with Crippen LogP contribution in [0.3, 0.4) is 0 Å². The highest BCUT2D eigenvalue weighted by molar-refractivity contribution is 14.0. The molecule has 5 nitrogen and oxygen atoms in total. The van der Waals surface area contributed by atoms with Gasteiger partial charge in [0, 0.05) is 18.1 Å². The highest BCUT2D eigenvalue weighted by atomic mass is 127. The molecule has 24 heavy (non-hydrogen) atoms. The van der Waals surface area contributed by atoms with Crippen LogP contribution >= 0.6 is 46.9 Å². The van der Waals surface area contributed by atoms with Gasteiger partial charge in [-0.15, -0.1) is 35.3 Å². The predicted molar refractivity (Wildman–Crippen MR) is 113 cm³/mol. The smallest absolute Gasteiger partial charge is 0.191 e. The van der Waals surface area contributed by atoms with Crippen LogP contribution in [0.2, 0.25) is 5.15 Å². The van der Waals surface area contributed by atoms with Crippen LogP contribution in [0.5, 0.6) is 0 Å². The van der Waals surface area contributed by atoms with Gasteiger partial charge in [0.25, 0.3) is 0 Å². The Kier molecular flexibility index (Phi) is 9.53. The maximum absolute atomic E-state index is 5.79. The minimum atomic E-state index is 0. The Hall–Kier alpha value is -0.930. The Morgan fingerprint density at radius 3 is 2.71 bits per heavy atom. The van der Waals surface area contributed by atoms with Crippen molar-refractivity contribution in [3.8, 4) is 0 Å². The van der Waals surface area contributed by atoms with Gasteiger partial charge in [-0.05, 0) is 24.5 Å². The molecule has 0 atom stereocenters. The van der Waals surface area contributed by atoms with E-state index in [0.717, 1.165) is 28.8 Å². The lowest BCUT2D eigenvalue weighted by molar-refractivity contribution is 0.788. The number of aliphatic imine (C=N–C) groups is 1. The third kappa shape index (κ3) is 6.90. The molecule has 0 aliphatic rings. The Balaban J connectivity index is 0.00000288. The van der Waals surface area contributed by atoms with Crippen molar-refractivity contribution in [2.24, 2.45) is 4.99 Å². The van der Waals surface area contributed by atoms with E-state index in [4.69, 9.17) is 11.6 Å². The van der Waals surface area contributed by atoms with Gasteiger partial charge in [-0.1, -0.05) is 31.5 Å². The monoisotopic (exact) mass is 479 g/mol. The maximum Gasteiger partial charge on any atom is 0.191 e. The predicted octanol–water partition coefficient (Wildman–Crippen LogP) is 4.19. The Bertz CT molecular complexity index is 642. The lowest BCUT2D eigenvalue weighted by Crippen LogP contribution is -2.36. The summed E-state index contributed by atoms with van der Waals surface area (Å²) < 4.78 is 0. The first-order valence-electron chi connectivity index (χ1n) is 7.65. The molecule has 2 aromatic rings. The van der Waals surface area contributed by atoms with Crippen LogP contribution in [-0.4, -0.2) is 22.5 Å². The van der Waals surface area contributed by atoms with Crippen molar-refractivity contribution < 1.29 is 0 Å². The molecule has 0 spiro atoms. The van der Waals surface area contributed by atoms with Crippen molar-refractivity contribution in [2.45, 2.75) is 39.8 Å². The summed E-state index contributed by atoms with van der Waals surface area (Å²) in [5.74, 6) is 1.23. The van der Waals surface area contributed by atoms with Gasteiger partial charge >= 0.3 is 0 Å². The normalized spacial score (nSPS) is 11.3. The molecule has 0 bridgehead atoms. The molecular formula is C16H23ClIN5S. The van der Waals surface area contributed by atoms with Gasteiger partial charge in [0.2, 0.25) is 0 Å². The van der Waals surface area contributed by atoms with E-state index < -0.39 is 0 Å². The second-order valence-electron chi connectivity index (χ2n) is 5.36. The zero-order valence-electron chi connectivity index (χ0n) is 14.0. The number of halogens is 2. The molecule has 0 unspecified atom stereocenters. The molecule has 2 heterocycles. The molecule has 0 saturated carbocycles. The maximum atomic E-state index is 5.79. The molecule has 0 aliphatic heterocycles. The average Bonchev–Trinajstić information content (AvgIpc) is 3.01. The van der Waals surface area contributed by atoms with Gasteiger partial charge in [0.05, 0.1) is 18.8 Å². The van der Waals surface area contributed by atoms with Crippen molar-refractivity contribution in [1.29, 1.82) is 0 Å². The summed E-state index contributed by atoms with van der Waals surface area (Å²) in [5, 5.41) is 10.2. The standard InChI is InChI=1S/C16H22ClN5S.HI/c1-4-18-16(20-8-12-5-6-14(17)19-7-12)21-9-15-22-13(10-23-15)11(2)3;/h5-7,10-11H,4,8-9H2,1-3H3,(H2,18,20,21);1H. The van der Waals surface area contributed by atoms with Gasteiger partial charge in [-0.25, -0.2) is 15.0 Å². The van der Waals surface area contributed by atoms with Crippen LogP contribution in [0.1, 0.15) is 43.0 Å². The van der Waals surface area contributed by atoms with Crippen molar-refractivity contribution in [3.05, 3.63) is 45.1 Å². The second-order valence-corrected chi connectivity index (χ2v) is 6.69. The number of thiazole rings is 1. The van der Waals surface area contributed by atoms with E-state index in [-0.39, 0.29) is 24.0 Å². The number of nitrogens with one attached hydrogen (secondary N) is 2. The minimum absolute atomic E-state index is 0. The van der Waals surface area contributed by atoms with E-state index in [0.29, 0.717) is 24.2 Å². The zero-order valence-corrected chi connectivity index (χ0v) is 17.9. The van der Waals surface area contributed by atoms with Gasteiger partial charge in [0.1, 0.15) is 10.2 Å². The first kappa shape index (κ1) is 21.1. The lowest BCUT2D eigenvalue weighted by atomic mass is 10.2. The number of aromatic nitrogens is 2. The number of nitrogens with zero attached hydrogens (tertiary/aromatic N) is 3. The van der Waals surface area contributed by atoms with Crippen LogP contribution in [0.15, 0.2) is 28.7 Å². The zero-order chi connectivity index (χ0) is 16.7. The first-order chi connectivity index (χ1) is 11.1. The summed E-state index contributed by atoms with van der Waals surface area (Å²) in [5.41, 5.74) is 2.16. The SMILES string of the molecule is CCNC(=NCc1ccc(Cl)nc1)NCc1nc(C(C)C)cs1.I. The summed E-state index contributed by atoms with van der Waals surface area (Å²) >= 11 is 7.46. The molecule has 2 N–H and O–H groups in total. The molecule has 2 rings (SSSR count). The van der Waals surface area contributed by atoms with Gasteiger partial charge < -0.3 is 10.6 Å². The third-order valence-electron chi connectivity index (χ3n) is 3.12. The fraction of sp³-hybridized carbons (Fsp3) is 0.438. The summed E-state index contributed by atoms with van der Waals surface area (Å²) in [6.07, 6.45) is 1.74. The molecule has 0 aliphatic carbocycles. The largest absolute Gasteiger partial charge is 0.357 e. The summed E-state index contributed by atoms with van der Waals surface area (Å²) in [6, 6.07) is 3.70. The molecule has 132 valence electrons. The molecule has 0 radical (unpaired) electrons. The van der Waals surface area contributed by atoms with Gasteiger partial charge in [0.15, 0.2) is 5.96 Å². The summed E-state index contributed by atoms with van der Waals surface area (Å²) in [4.78, 5) is 13.2. The van der Waals surface area contributed by atoms with Crippen LogP contribution in [-0.2, 0) is 13.1 Å². The molecule has 0 fully saturated rings. The molecule has 0 amide bonds. The molecule has 8 heteroatoms. The summed E-state index contributed by atoms with van der Waals surface area (Å²) in [6.45, 7) is 8.37. The second kappa shape index (κ2) is 10.8. The molecule has 2 aromatic heterocycles. The Labute approximate surface area is 169 Å². The molecular weight excluding hydrogens is 457 g/mol. The number of hydrogen-bond acceptors (Lipinski definition) is 4. The number of rotatable bonds is 6. The fourth-order valence-corrected chi connectivity index (χ4v) is 2.85. The molecule has 0 aromatic carbocycles. The van der Waals surface area contributed by atoms with Crippen LogP contribution < -0.4 is 10.6 Å². The van der Waals surface area contributed by atoms with Crippen molar-refractivity contribution in [2.75, 3.05) is 6.54 Å². The van der Waals surface area contributed by atoms with E-state index in [9.17, 15) is 0 Å². The Morgan fingerprint density at radius 1 is 1.33 bits per heavy atom. The highest BCUT2D eigenvalue weighted by Crippen LogP contribution is 2.17. The van der Waals surface area contributed by atoms with E-state index in [2.05, 4.69) is 44.8 Å². The van der Waals surface area contributed by atoms with Gasteiger partial charge in [-0.2, -0.15) is 0 Å². The number of guanidine groups is 1. The highest BCUT2D eigenvalue weighted by Gasteiger charge is 2.06. The van der Waals surface area contributed by atoms with Gasteiger partial charge in [-0.3, -0.25) is 0 Å². The third-order valence-corrected chi connectivity index (χ3v) is 4.21. The van der Waals surface area contributed by atoms with Crippen molar-refractivity contribution >= 4 is 52.9 Å². The topological polar surface area (TPSA) is 62.2 Å². The van der Waals surface area contributed by atoms with E-state index in [1.807, 2.05) is 13.0 Å². The van der Waals surface area contributed by atoms with E-state index in [1.54, 1.807) is 23.6 Å². The van der Waals surface area contributed by atoms with Crippen LogP contribution in [0, 0.1) is 0 Å².